The van der Waals surface area contributed by atoms with E-state index in [4.69, 9.17) is 4.74 Å². The second kappa shape index (κ2) is 17.7. The van der Waals surface area contributed by atoms with E-state index in [-0.39, 0.29) is 11.8 Å². The Morgan fingerprint density at radius 3 is 1.58 bits per heavy atom. The van der Waals surface area contributed by atoms with Crippen molar-refractivity contribution in [3.8, 4) is 50.5 Å². The summed E-state index contributed by atoms with van der Waals surface area (Å²) in [5.74, 6) is -0.0991. The minimum atomic E-state index is -1.33. The van der Waals surface area contributed by atoms with Crippen molar-refractivity contribution < 1.29 is 19.4 Å². The van der Waals surface area contributed by atoms with Crippen LogP contribution in [0, 0.1) is 0 Å². The highest BCUT2D eigenvalue weighted by molar-refractivity contribution is 6.20. The van der Waals surface area contributed by atoms with Gasteiger partial charge in [-0.3, -0.25) is 19.4 Å². The fourth-order valence-corrected chi connectivity index (χ4v) is 11.8. The molecule has 0 aliphatic carbocycles. The maximum Gasteiger partial charge on any atom is 0.264 e. The number of anilines is 2. The zero-order chi connectivity index (χ0) is 52.0. The van der Waals surface area contributed by atoms with Crippen molar-refractivity contribution in [1.82, 2.24) is 39.0 Å². The molecule has 14 heteroatoms. The number of aromatic nitrogens is 8. The van der Waals surface area contributed by atoms with Crippen LogP contribution >= 0.6 is 0 Å². The summed E-state index contributed by atoms with van der Waals surface area (Å²) in [6.45, 7) is 0. The number of rotatable bonds is 9. The van der Waals surface area contributed by atoms with Crippen LogP contribution in [0.25, 0.3) is 88.4 Å². The molecule has 13 aromatic rings. The Kier molecular flexibility index (Phi) is 10.2. The number of benzene rings is 8. The van der Waals surface area contributed by atoms with Gasteiger partial charge in [0.1, 0.15) is 24.7 Å². The van der Waals surface area contributed by atoms with E-state index in [0.717, 1.165) is 65.9 Å². The third kappa shape index (κ3) is 6.73. The van der Waals surface area contributed by atoms with E-state index in [1.54, 1.807) is 35.8 Å². The van der Waals surface area contributed by atoms with Crippen molar-refractivity contribution in [2.45, 2.75) is 12.5 Å². The van der Waals surface area contributed by atoms with Crippen molar-refractivity contribution in [2.75, 3.05) is 9.80 Å². The summed E-state index contributed by atoms with van der Waals surface area (Å²) >= 11 is 0. The molecule has 78 heavy (non-hydrogen) atoms. The molecule has 2 atom stereocenters. The van der Waals surface area contributed by atoms with Crippen molar-refractivity contribution >= 4 is 66.8 Å². The number of para-hydroxylation sites is 5. The predicted octanol–water partition coefficient (Wildman–Crippen LogP) is 12.6. The summed E-state index contributed by atoms with van der Waals surface area (Å²) in [5.41, 5.74) is 12.5. The lowest BCUT2D eigenvalue weighted by molar-refractivity contribution is 0.0931. The van der Waals surface area contributed by atoms with Crippen molar-refractivity contribution in [3.05, 3.63) is 248 Å². The first-order valence-electron chi connectivity index (χ1n) is 25.3. The minimum absolute atomic E-state index is 0.233. The highest BCUT2D eigenvalue weighted by atomic mass is 16.5. The molecular weight excluding hydrogens is 973 g/mol. The minimum Gasteiger partial charge on any atom is -0.466 e. The van der Waals surface area contributed by atoms with Gasteiger partial charge in [0.05, 0.1) is 39.0 Å². The van der Waals surface area contributed by atoms with Crippen LogP contribution in [0.2, 0.25) is 0 Å². The molecule has 370 valence electrons. The third-order valence-electron chi connectivity index (χ3n) is 15.0. The molecule has 8 aromatic carbocycles. The zero-order valence-corrected chi connectivity index (χ0v) is 41.2. The molecule has 7 heterocycles. The number of amides is 2. The van der Waals surface area contributed by atoms with Gasteiger partial charge >= 0.3 is 0 Å². The summed E-state index contributed by atoms with van der Waals surface area (Å²) in [6.07, 6.45) is 12.9. The monoisotopic (exact) mass is 1010 g/mol. The van der Waals surface area contributed by atoms with Gasteiger partial charge in [0, 0.05) is 120 Å². The van der Waals surface area contributed by atoms with Gasteiger partial charge < -0.3 is 19.0 Å². The molecule has 2 aliphatic rings. The predicted molar refractivity (Wildman–Crippen MR) is 299 cm³/mol. The average Bonchev–Trinajstić information content (AvgIpc) is 4.19. The highest BCUT2D eigenvalue weighted by Crippen LogP contribution is 2.50. The van der Waals surface area contributed by atoms with E-state index >= 15 is 4.79 Å². The normalized spacial score (nSPS) is 15.0. The Morgan fingerprint density at radius 1 is 0.423 bits per heavy atom. The Hall–Kier alpha value is -10.7. The molecule has 5 aromatic heterocycles. The highest BCUT2D eigenvalue weighted by Gasteiger charge is 2.43. The summed E-state index contributed by atoms with van der Waals surface area (Å²) in [7, 11) is 0. The van der Waals surface area contributed by atoms with Crippen LogP contribution in [0.3, 0.4) is 0 Å². The summed E-state index contributed by atoms with van der Waals surface area (Å²) < 4.78 is 11.7. The zero-order valence-electron chi connectivity index (χ0n) is 41.2. The van der Waals surface area contributed by atoms with Crippen LogP contribution < -0.4 is 14.5 Å². The third-order valence-corrected chi connectivity index (χ3v) is 15.0. The lowest BCUT2D eigenvalue weighted by Gasteiger charge is -2.26. The van der Waals surface area contributed by atoms with Gasteiger partial charge in [0.2, 0.25) is 6.23 Å². The van der Waals surface area contributed by atoms with Crippen LogP contribution in [-0.2, 0) is 0 Å². The fraction of sp³-hybridized carbons (Fsp3) is 0.0312. The van der Waals surface area contributed by atoms with Gasteiger partial charge in [0.25, 0.3) is 11.8 Å². The largest absolute Gasteiger partial charge is 0.466 e. The number of ether oxygens (including phenoxy) is 1. The van der Waals surface area contributed by atoms with Crippen LogP contribution in [0.5, 0.6) is 5.75 Å². The number of fused-ring (bicyclic) bond motifs is 8. The van der Waals surface area contributed by atoms with Crippen molar-refractivity contribution in [1.29, 1.82) is 0 Å². The Labute approximate surface area is 444 Å². The molecular formula is C64H40N10O4. The van der Waals surface area contributed by atoms with Crippen molar-refractivity contribution in [3.63, 3.8) is 0 Å². The molecule has 2 aliphatic heterocycles. The number of aliphatic hydroxyl groups excluding tert-OH is 1. The summed E-state index contributed by atoms with van der Waals surface area (Å²) in [4.78, 5) is 60.0. The molecule has 0 fully saturated rings. The SMILES string of the molecule is O=C1c2cccc(-n3c4c(-c5cncnc5)cccc4c4cc(OC5c6cccc(-n7c8ccccc8c8cccc(-c9cncnc9)c87)c6C(=O)N5c5ccccc5)cc(-c5cncnc5)c43)c2C(O)N1c1ccccc1. The standard InChI is InChI=1S/C64H40N10O4/c75-61-49-22-11-26-55(56(49)62(76)71(61)41-13-3-1-4-14-41)74-59-45(39-31-67-36-68-32-39)19-10-21-48(59)52-28-43(27-51(60(52)74)40-33-69-37-70-34-40)78-64-50-23-12-25-54(57(50)63(77)72(64)42-15-5-2-6-16-42)73-53-24-8-7-17-46(53)47-20-9-18-44(58(47)73)38-29-65-35-66-30-38/h1-37,62,64,76H. The number of hydrogen-bond acceptors (Lipinski definition) is 10. The van der Waals surface area contributed by atoms with Gasteiger partial charge in [-0.25, -0.2) is 29.9 Å². The molecule has 2 unspecified atom stereocenters. The van der Waals surface area contributed by atoms with Gasteiger partial charge in [-0.05, 0) is 60.7 Å². The first-order valence-corrected chi connectivity index (χ1v) is 25.3. The second-order valence-corrected chi connectivity index (χ2v) is 19.2. The van der Waals surface area contributed by atoms with Crippen molar-refractivity contribution in [2.24, 2.45) is 0 Å². The average molecular weight is 1010 g/mol. The lowest BCUT2D eigenvalue weighted by atomic mass is 10.0. The maximum absolute atomic E-state index is 15.7. The molecule has 0 spiro atoms. The Bertz CT molecular complexity index is 4560. The fourth-order valence-electron chi connectivity index (χ4n) is 11.8. The molecule has 0 saturated heterocycles. The number of hydrogen-bond donors (Lipinski definition) is 1. The Morgan fingerprint density at radius 2 is 0.923 bits per heavy atom. The smallest absolute Gasteiger partial charge is 0.264 e. The van der Waals surface area contributed by atoms with Crippen LogP contribution in [0.15, 0.2) is 226 Å². The molecule has 0 radical (unpaired) electrons. The topological polar surface area (TPSA) is 157 Å². The van der Waals surface area contributed by atoms with Gasteiger partial charge in [0.15, 0.2) is 6.23 Å². The number of aliphatic hydroxyl groups is 1. The Balaban J connectivity index is 0.979. The summed E-state index contributed by atoms with van der Waals surface area (Å²) in [6, 6.07) is 54.7. The van der Waals surface area contributed by atoms with Gasteiger partial charge in [-0.2, -0.15) is 0 Å². The summed E-state index contributed by atoms with van der Waals surface area (Å²) in [5, 5.41) is 16.1. The molecule has 15 rings (SSSR count). The lowest BCUT2D eigenvalue weighted by Crippen LogP contribution is -2.31. The first kappa shape index (κ1) is 44.8. The molecule has 14 nitrogen and oxygen atoms in total. The van der Waals surface area contributed by atoms with E-state index in [9.17, 15) is 9.90 Å². The number of nitrogens with zero attached hydrogens (tertiary/aromatic N) is 10. The van der Waals surface area contributed by atoms with Crippen LogP contribution in [-0.4, -0.2) is 56.0 Å². The molecule has 0 bridgehead atoms. The number of carbonyl (C=O) groups is 2. The maximum atomic E-state index is 15.7. The van der Waals surface area contributed by atoms with E-state index in [1.165, 1.54) is 23.9 Å². The van der Waals surface area contributed by atoms with Crippen LogP contribution in [0.1, 0.15) is 44.3 Å². The van der Waals surface area contributed by atoms with Gasteiger partial charge in [-0.15, -0.1) is 0 Å². The van der Waals surface area contributed by atoms with E-state index in [0.29, 0.717) is 61.9 Å². The molecule has 2 amide bonds. The van der Waals surface area contributed by atoms with E-state index in [1.807, 2.05) is 146 Å². The van der Waals surface area contributed by atoms with Crippen LogP contribution in [0.4, 0.5) is 11.4 Å². The van der Waals surface area contributed by atoms with E-state index in [2.05, 4.69) is 69.4 Å². The molecule has 0 saturated carbocycles. The van der Waals surface area contributed by atoms with E-state index < -0.39 is 12.5 Å². The molecule has 1 N–H and O–H groups in total. The quantitative estimate of drug-likeness (QED) is 0.148. The number of carbonyl (C=O) groups excluding carboxylic acids is 2. The van der Waals surface area contributed by atoms with Gasteiger partial charge in [-0.1, -0.05) is 109 Å². The second-order valence-electron chi connectivity index (χ2n) is 19.2. The first-order chi connectivity index (χ1) is 38.5.